The van der Waals surface area contributed by atoms with Crippen molar-refractivity contribution >= 4 is 22.5 Å². The Hall–Kier alpha value is -1.28. The molecule has 0 aliphatic rings. The number of pyridine rings is 1. The van der Waals surface area contributed by atoms with Gasteiger partial charge in [-0.05, 0) is 43.0 Å². The van der Waals surface area contributed by atoms with E-state index in [2.05, 4.69) is 25.8 Å². The molecule has 3 heteroatoms. The molecule has 0 radical (unpaired) electrons. The molecule has 1 aromatic heterocycles. The number of fused-ring (bicyclic) bond motifs is 1. The van der Waals surface area contributed by atoms with Crippen LogP contribution in [-0.4, -0.2) is 11.6 Å². The Morgan fingerprint density at radius 2 is 2.05 bits per heavy atom. The molecule has 0 bridgehead atoms. The highest BCUT2D eigenvalue weighted by Crippen LogP contribution is 2.34. The summed E-state index contributed by atoms with van der Waals surface area (Å²) in [7, 11) is 0. The van der Waals surface area contributed by atoms with E-state index < -0.39 is 0 Å². The molecule has 1 aromatic carbocycles. The molecule has 102 valence electrons. The van der Waals surface area contributed by atoms with Gasteiger partial charge in [0.05, 0.1) is 17.1 Å². The lowest BCUT2D eigenvalue weighted by atomic mass is 9.99. The summed E-state index contributed by atoms with van der Waals surface area (Å²) in [5, 5.41) is 1.78. The van der Waals surface area contributed by atoms with E-state index in [4.69, 9.17) is 16.3 Å². The monoisotopic (exact) mass is 277 g/mol. The molecular weight excluding hydrogens is 258 g/mol. The van der Waals surface area contributed by atoms with Crippen LogP contribution < -0.4 is 4.74 Å². The number of hydrogen-bond donors (Lipinski definition) is 0. The molecular formula is C16H20ClNO. The highest BCUT2D eigenvalue weighted by atomic mass is 35.5. The van der Waals surface area contributed by atoms with Gasteiger partial charge in [0.15, 0.2) is 0 Å². The first kappa shape index (κ1) is 14.1. The highest BCUT2D eigenvalue weighted by Gasteiger charge is 2.14. The average molecular weight is 278 g/mol. The maximum absolute atomic E-state index is 6.55. The predicted octanol–water partition coefficient (Wildman–Crippen LogP) is 5.11. The molecule has 0 spiro atoms. The third kappa shape index (κ3) is 2.84. The van der Waals surface area contributed by atoms with Crippen LogP contribution in [0.4, 0.5) is 0 Å². The van der Waals surface area contributed by atoms with Crippen LogP contribution in [0.5, 0.6) is 5.75 Å². The number of nitrogens with zero attached hydrogens (tertiary/aromatic N) is 1. The fourth-order valence-electron chi connectivity index (χ4n) is 2.31. The van der Waals surface area contributed by atoms with Crippen LogP contribution in [0, 0.1) is 6.92 Å². The Kier molecular flexibility index (Phi) is 4.31. The summed E-state index contributed by atoms with van der Waals surface area (Å²) in [5.74, 6) is 1.22. The van der Waals surface area contributed by atoms with Gasteiger partial charge < -0.3 is 4.74 Å². The van der Waals surface area contributed by atoms with Crippen molar-refractivity contribution in [3.63, 3.8) is 0 Å². The van der Waals surface area contributed by atoms with Crippen molar-refractivity contribution in [3.05, 3.63) is 34.5 Å². The predicted molar refractivity (Wildman–Crippen MR) is 81.4 cm³/mol. The van der Waals surface area contributed by atoms with Gasteiger partial charge in [-0.3, -0.25) is 4.98 Å². The van der Waals surface area contributed by atoms with E-state index in [1.165, 1.54) is 0 Å². The molecule has 2 rings (SSSR count). The summed E-state index contributed by atoms with van der Waals surface area (Å²) >= 11 is 6.55. The third-order valence-corrected chi connectivity index (χ3v) is 3.58. The summed E-state index contributed by atoms with van der Waals surface area (Å²) in [4.78, 5) is 4.64. The van der Waals surface area contributed by atoms with Gasteiger partial charge in [-0.1, -0.05) is 32.4 Å². The number of aromatic nitrogens is 1. The normalized spacial score (nSPS) is 11.3. The minimum atomic E-state index is 0.365. The molecule has 0 atom stereocenters. The lowest BCUT2D eigenvalue weighted by molar-refractivity contribution is 0.318. The van der Waals surface area contributed by atoms with Crippen LogP contribution >= 0.6 is 11.6 Å². The van der Waals surface area contributed by atoms with Gasteiger partial charge >= 0.3 is 0 Å². The molecule has 0 aliphatic carbocycles. The van der Waals surface area contributed by atoms with Gasteiger partial charge in [0.2, 0.25) is 0 Å². The summed E-state index contributed by atoms with van der Waals surface area (Å²) in [6.07, 6.45) is 0.995. The molecule has 0 amide bonds. The first-order chi connectivity index (χ1) is 9.04. The molecule has 2 nitrogen and oxygen atoms in total. The lowest BCUT2D eigenvalue weighted by Crippen LogP contribution is -1.99. The molecule has 0 aliphatic heterocycles. The molecule has 0 saturated heterocycles. The molecule has 19 heavy (non-hydrogen) atoms. The third-order valence-electron chi connectivity index (χ3n) is 3.17. The van der Waals surface area contributed by atoms with Gasteiger partial charge in [0, 0.05) is 11.1 Å². The van der Waals surface area contributed by atoms with Gasteiger partial charge in [-0.2, -0.15) is 0 Å². The van der Waals surface area contributed by atoms with Gasteiger partial charge in [-0.15, -0.1) is 0 Å². The zero-order chi connectivity index (χ0) is 14.0. The SMILES string of the molecule is CCCOc1ccc2nc(C)c(C(C)C)c(Cl)c2c1. The van der Waals surface area contributed by atoms with E-state index in [1.54, 1.807) is 0 Å². The Balaban J connectivity index is 2.57. The second kappa shape index (κ2) is 5.79. The van der Waals surface area contributed by atoms with Crippen molar-refractivity contribution in [2.75, 3.05) is 6.61 Å². The zero-order valence-corrected chi connectivity index (χ0v) is 12.7. The summed E-state index contributed by atoms with van der Waals surface area (Å²) in [6, 6.07) is 5.92. The van der Waals surface area contributed by atoms with Crippen molar-refractivity contribution in [3.8, 4) is 5.75 Å². The van der Waals surface area contributed by atoms with Gasteiger partial charge in [0.1, 0.15) is 5.75 Å². The minimum Gasteiger partial charge on any atom is -0.494 e. The van der Waals surface area contributed by atoms with E-state index in [1.807, 2.05) is 25.1 Å². The quantitative estimate of drug-likeness (QED) is 0.775. The molecule has 0 N–H and O–H groups in total. The zero-order valence-electron chi connectivity index (χ0n) is 12.0. The van der Waals surface area contributed by atoms with Crippen molar-refractivity contribution in [2.24, 2.45) is 0 Å². The van der Waals surface area contributed by atoms with E-state index in [0.29, 0.717) is 5.92 Å². The Morgan fingerprint density at radius 1 is 1.32 bits per heavy atom. The Labute approximate surface area is 119 Å². The number of ether oxygens (including phenoxy) is 1. The number of halogens is 1. The standard InChI is InChI=1S/C16H20ClNO/c1-5-8-19-12-6-7-14-13(9-12)16(17)15(10(2)3)11(4)18-14/h6-7,9-10H,5,8H2,1-4H3. The van der Waals surface area contributed by atoms with Crippen LogP contribution in [0.3, 0.4) is 0 Å². The fourth-order valence-corrected chi connectivity index (χ4v) is 2.82. The van der Waals surface area contributed by atoms with Crippen molar-refractivity contribution in [1.29, 1.82) is 0 Å². The second-order valence-corrected chi connectivity index (χ2v) is 5.48. The number of aryl methyl sites for hydroxylation is 1. The van der Waals surface area contributed by atoms with Crippen LogP contribution in [0.1, 0.15) is 44.4 Å². The fraction of sp³-hybridized carbons (Fsp3) is 0.438. The topological polar surface area (TPSA) is 22.1 Å². The second-order valence-electron chi connectivity index (χ2n) is 5.11. The smallest absolute Gasteiger partial charge is 0.120 e. The first-order valence-corrected chi connectivity index (χ1v) is 7.15. The van der Waals surface area contributed by atoms with Crippen molar-refractivity contribution < 1.29 is 4.74 Å². The maximum Gasteiger partial charge on any atom is 0.120 e. The summed E-state index contributed by atoms with van der Waals surface area (Å²) in [6.45, 7) is 9.11. The van der Waals surface area contributed by atoms with Crippen molar-refractivity contribution in [2.45, 2.75) is 40.0 Å². The average Bonchev–Trinajstić information content (AvgIpc) is 2.36. The van der Waals surface area contributed by atoms with Crippen LogP contribution in [0.25, 0.3) is 10.9 Å². The largest absolute Gasteiger partial charge is 0.494 e. The summed E-state index contributed by atoms with van der Waals surface area (Å²) < 4.78 is 5.66. The molecule has 1 heterocycles. The number of benzene rings is 1. The maximum atomic E-state index is 6.55. The van der Waals surface area contributed by atoms with Gasteiger partial charge in [-0.25, -0.2) is 0 Å². The molecule has 0 saturated carbocycles. The van der Waals surface area contributed by atoms with E-state index >= 15 is 0 Å². The number of rotatable bonds is 4. The molecule has 0 unspecified atom stereocenters. The highest BCUT2D eigenvalue weighted by molar-refractivity contribution is 6.36. The molecule has 0 fully saturated rings. The van der Waals surface area contributed by atoms with Crippen LogP contribution in [-0.2, 0) is 0 Å². The molecule has 2 aromatic rings. The van der Waals surface area contributed by atoms with Crippen LogP contribution in [0.15, 0.2) is 18.2 Å². The first-order valence-electron chi connectivity index (χ1n) is 6.77. The Morgan fingerprint density at radius 3 is 2.68 bits per heavy atom. The van der Waals surface area contributed by atoms with Crippen LogP contribution in [0.2, 0.25) is 5.02 Å². The van der Waals surface area contributed by atoms with Crippen molar-refractivity contribution in [1.82, 2.24) is 4.98 Å². The van der Waals surface area contributed by atoms with E-state index in [9.17, 15) is 0 Å². The minimum absolute atomic E-state index is 0.365. The van der Waals surface area contributed by atoms with E-state index in [0.717, 1.165) is 46.0 Å². The Bertz CT molecular complexity index is 593. The van der Waals surface area contributed by atoms with Gasteiger partial charge in [0.25, 0.3) is 0 Å². The lowest BCUT2D eigenvalue weighted by Gasteiger charge is -2.14. The van der Waals surface area contributed by atoms with E-state index in [-0.39, 0.29) is 0 Å². The number of hydrogen-bond acceptors (Lipinski definition) is 2. The summed E-state index contributed by atoms with van der Waals surface area (Å²) in [5.41, 5.74) is 3.06.